The Morgan fingerprint density at radius 2 is 1.68 bits per heavy atom. The fourth-order valence-electron chi connectivity index (χ4n) is 2.27. The Balaban J connectivity index is 2.14. The van der Waals surface area contributed by atoms with Crippen LogP contribution in [0.25, 0.3) is 16.5 Å². The van der Waals surface area contributed by atoms with E-state index in [2.05, 4.69) is 48.8 Å². The topological polar surface area (TPSA) is 12.9 Å². The molecule has 0 fully saturated rings. The van der Waals surface area contributed by atoms with Crippen LogP contribution in [0.4, 0.5) is 0 Å². The van der Waals surface area contributed by atoms with Crippen molar-refractivity contribution in [3.05, 3.63) is 84.1 Å². The molecule has 3 aromatic rings. The molecule has 0 unspecified atom stereocenters. The lowest BCUT2D eigenvalue weighted by molar-refractivity contribution is 1.39. The number of hydrogen-bond donors (Lipinski definition) is 0. The van der Waals surface area contributed by atoms with Gasteiger partial charge in [0.1, 0.15) is 0 Å². The molecule has 1 aromatic heterocycles. The first kappa shape index (κ1) is 11.7. The van der Waals surface area contributed by atoms with Crippen LogP contribution in [0.2, 0.25) is 0 Å². The van der Waals surface area contributed by atoms with Gasteiger partial charge in [0.2, 0.25) is 0 Å². The summed E-state index contributed by atoms with van der Waals surface area (Å²) in [5.41, 5.74) is 5.61. The Morgan fingerprint density at radius 1 is 0.947 bits per heavy atom. The van der Waals surface area contributed by atoms with Gasteiger partial charge >= 0.3 is 0 Å². The molecule has 19 heavy (non-hydrogen) atoms. The number of rotatable bonds is 2. The highest BCUT2D eigenvalue weighted by Gasteiger charge is 2.06. The Bertz CT molecular complexity index is 734. The molecule has 1 heteroatoms. The average molecular weight is 245 g/mol. The second-order valence-corrected chi connectivity index (χ2v) is 4.72. The summed E-state index contributed by atoms with van der Waals surface area (Å²) >= 11 is 0. The van der Waals surface area contributed by atoms with E-state index in [0.29, 0.717) is 0 Å². The average Bonchev–Trinajstić information content (AvgIpc) is 2.47. The van der Waals surface area contributed by atoms with Gasteiger partial charge in [-0.2, -0.15) is 0 Å². The zero-order valence-electron chi connectivity index (χ0n) is 10.9. The van der Waals surface area contributed by atoms with Crippen molar-refractivity contribution in [3.63, 3.8) is 0 Å². The summed E-state index contributed by atoms with van der Waals surface area (Å²) in [7, 11) is 0. The fraction of sp³-hybridized carbons (Fsp3) is 0.0556. The van der Waals surface area contributed by atoms with E-state index in [0.717, 1.165) is 27.6 Å². The Labute approximate surface area is 113 Å². The van der Waals surface area contributed by atoms with Crippen LogP contribution in [0, 0.1) is 6.92 Å². The van der Waals surface area contributed by atoms with Crippen molar-refractivity contribution in [1.82, 2.24) is 4.98 Å². The van der Waals surface area contributed by atoms with E-state index >= 15 is 0 Å². The first-order valence-corrected chi connectivity index (χ1v) is 6.36. The molecule has 0 aliphatic carbocycles. The maximum atomic E-state index is 4.39. The van der Waals surface area contributed by atoms with E-state index < -0.39 is 0 Å². The zero-order chi connectivity index (χ0) is 13.2. The SMILES string of the molecule is C=C(c1ccc(C)cc1)c1ccnc2ccccc12. The van der Waals surface area contributed by atoms with Crippen molar-refractivity contribution in [3.8, 4) is 0 Å². The summed E-state index contributed by atoms with van der Waals surface area (Å²) in [5, 5.41) is 1.15. The molecule has 0 aliphatic rings. The molecule has 0 bridgehead atoms. The molecule has 0 amide bonds. The van der Waals surface area contributed by atoms with Gasteiger partial charge < -0.3 is 0 Å². The summed E-state index contributed by atoms with van der Waals surface area (Å²) in [6.07, 6.45) is 1.84. The maximum absolute atomic E-state index is 4.39. The number of fused-ring (bicyclic) bond motifs is 1. The lowest BCUT2D eigenvalue weighted by atomic mass is 9.96. The number of aryl methyl sites for hydroxylation is 1. The molecule has 0 radical (unpaired) electrons. The number of pyridine rings is 1. The third-order valence-corrected chi connectivity index (χ3v) is 3.37. The second kappa shape index (κ2) is 4.69. The van der Waals surface area contributed by atoms with Crippen LogP contribution in [-0.2, 0) is 0 Å². The van der Waals surface area contributed by atoms with E-state index in [9.17, 15) is 0 Å². The van der Waals surface area contributed by atoms with Crippen molar-refractivity contribution >= 4 is 16.5 Å². The van der Waals surface area contributed by atoms with Crippen LogP contribution in [0.1, 0.15) is 16.7 Å². The molecule has 1 heterocycles. The summed E-state index contributed by atoms with van der Waals surface area (Å²) in [5.74, 6) is 0. The predicted molar refractivity (Wildman–Crippen MR) is 81.1 cm³/mol. The van der Waals surface area contributed by atoms with Crippen LogP contribution < -0.4 is 0 Å². The first-order valence-electron chi connectivity index (χ1n) is 6.36. The highest BCUT2D eigenvalue weighted by Crippen LogP contribution is 2.27. The predicted octanol–water partition coefficient (Wildman–Crippen LogP) is 4.60. The first-order chi connectivity index (χ1) is 9.25. The lowest BCUT2D eigenvalue weighted by Gasteiger charge is -2.09. The van der Waals surface area contributed by atoms with Gasteiger partial charge in [-0.25, -0.2) is 0 Å². The van der Waals surface area contributed by atoms with E-state index in [1.54, 1.807) is 0 Å². The van der Waals surface area contributed by atoms with Crippen molar-refractivity contribution in [2.75, 3.05) is 0 Å². The normalized spacial score (nSPS) is 10.6. The smallest absolute Gasteiger partial charge is 0.0708 e. The highest BCUT2D eigenvalue weighted by molar-refractivity contribution is 5.95. The molecule has 0 spiro atoms. The van der Waals surface area contributed by atoms with Crippen LogP contribution in [0.3, 0.4) is 0 Å². The van der Waals surface area contributed by atoms with E-state index in [1.165, 1.54) is 5.56 Å². The van der Waals surface area contributed by atoms with Gasteiger partial charge in [0.25, 0.3) is 0 Å². The molecule has 0 saturated heterocycles. The number of hydrogen-bond acceptors (Lipinski definition) is 1. The maximum Gasteiger partial charge on any atom is 0.0708 e. The van der Waals surface area contributed by atoms with Crippen LogP contribution in [0.5, 0.6) is 0 Å². The van der Waals surface area contributed by atoms with Crippen molar-refractivity contribution in [1.29, 1.82) is 0 Å². The minimum absolute atomic E-state index is 1.01. The summed E-state index contributed by atoms with van der Waals surface area (Å²) in [6.45, 7) is 6.34. The molecule has 2 aromatic carbocycles. The van der Waals surface area contributed by atoms with E-state index in [-0.39, 0.29) is 0 Å². The molecule has 92 valence electrons. The van der Waals surface area contributed by atoms with Gasteiger partial charge in [0, 0.05) is 11.6 Å². The Hall–Kier alpha value is -2.41. The monoisotopic (exact) mass is 245 g/mol. The van der Waals surface area contributed by atoms with Crippen molar-refractivity contribution in [2.24, 2.45) is 0 Å². The van der Waals surface area contributed by atoms with Gasteiger partial charge in [-0.3, -0.25) is 4.98 Å². The van der Waals surface area contributed by atoms with E-state index in [1.807, 2.05) is 30.5 Å². The Morgan fingerprint density at radius 3 is 2.47 bits per heavy atom. The molecule has 0 saturated carbocycles. The van der Waals surface area contributed by atoms with Crippen LogP contribution in [0.15, 0.2) is 67.4 Å². The molecule has 0 aliphatic heterocycles. The molecular weight excluding hydrogens is 230 g/mol. The van der Waals surface area contributed by atoms with E-state index in [4.69, 9.17) is 0 Å². The molecule has 3 rings (SSSR count). The van der Waals surface area contributed by atoms with Gasteiger partial charge in [-0.1, -0.05) is 54.6 Å². The number of benzene rings is 2. The van der Waals surface area contributed by atoms with Gasteiger partial charge in [-0.05, 0) is 35.8 Å². The standard InChI is InChI=1S/C18H15N/c1-13-7-9-15(10-8-13)14(2)16-11-12-19-18-6-4-3-5-17(16)18/h3-12H,2H2,1H3. The minimum Gasteiger partial charge on any atom is -0.256 e. The molecule has 1 nitrogen and oxygen atoms in total. The van der Waals surface area contributed by atoms with Gasteiger partial charge in [0.05, 0.1) is 5.52 Å². The lowest BCUT2D eigenvalue weighted by Crippen LogP contribution is -1.90. The van der Waals surface area contributed by atoms with Gasteiger partial charge in [0.15, 0.2) is 0 Å². The van der Waals surface area contributed by atoms with Gasteiger partial charge in [-0.15, -0.1) is 0 Å². The molecule has 0 N–H and O–H groups in total. The van der Waals surface area contributed by atoms with Crippen molar-refractivity contribution in [2.45, 2.75) is 6.92 Å². The zero-order valence-corrected chi connectivity index (χ0v) is 10.9. The minimum atomic E-state index is 1.01. The highest BCUT2D eigenvalue weighted by atomic mass is 14.6. The fourth-order valence-corrected chi connectivity index (χ4v) is 2.27. The third-order valence-electron chi connectivity index (χ3n) is 3.37. The summed E-state index contributed by atoms with van der Waals surface area (Å²) < 4.78 is 0. The molecule has 0 atom stereocenters. The third kappa shape index (κ3) is 2.15. The summed E-state index contributed by atoms with van der Waals surface area (Å²) in [6, 6.07) is 18.7. The Kier molecular flexibility index (Phi) is 2.88. The van der Waals surface area contributed by atoms with Crippen molar-refractivity contribution < 1.29 is 0 Å². The number of para-hydroxylation sites is 1. The van der Waals surface area contributed by atoms with Crippen LogP contribution in [-0.4, -0.2) is 4.98 Å². The quantitative estimate of drug-likeness (QED) is 0.642. The number of aromatic nitrogens is 1. The second-order valence-electron chi connectivity index (χ2n) is 4.72. The summed E-state index contributed by atoms with van der Waals surface area (Å²) in [4.78, 5) is 4.39. The van der Waals surface area contributed by atoms with Crippen LogP contribution >= 0.6 is 0 Å². The largest absolute Gasteiger partial charge is 0.256 e. The molecular formula is C18H15N. The number of nitrogens with zero attached hydrogens (tertiary/aromatic N) is 1.